The van der Waals surface area contributed by atoms with Crippen molar-refractivity contribution in [1.29, 1.82) is 0 Å². The fourth-order valence-electron chi connectivity index (χ4n) is 9.70. The minimum Gasteiger partial charge on any atom is -0.493 e. The largest absolute Gasteiger partial charge is 0.493 e. The lowest BCUT2D eigenvalue weighted by Gasteiger charge is -2.35. The van der Waals surface area contributed by atoms with Crippen LogP contribution in [0.25, 0.3) is 0 Å². The molecular formula is C57H67N5O16. The number of hydrogen-bond acceptors (Lipinski definition) is 16. The molecule has 2 fully saturated rings. The Hall–Kier alpha value is -8.36. The van der Waals surface area contributed by atoms with Gasteiger partial charge in [0.15, 0.2) is 36.2 Å². The van der Waals surface area contributed by atoms with E-state index in [1.54, 1.807) is 49.5 Å². The number of nitrogens with one attached hydrogen (secondary N) is 3. The van der Waals surface area contributed by atoms with Crippen LogP contribution in [-0.4, -0.2) is 138 Å². The molecule has 2 saturated heterocycles. The van der Waals surface area contributed by atoms with Gasteiger partial charge in [-0.05, 0) is 117 Å². The molecule has 0 radical (unpaired) electrons. The quantitative estimate of drug-likeness (QED) is 0.0393. The molecule has 0 aromatic heterocycles. The lowest BCUT2D eigenvalue weighted by Crippen LogP contribution is -2.54. The van der Waals surface area contributed by atoms with Crippen LogP contribution in [0.5, 0.6) is 40.2 Å². The number of carbonyl (C=O) groups excluding carboxylic acids is 8. The van der Waals surface area contributed by atoms with Gasteiger partial charge in [-0.1, -0.05) is 37.1 Å². The number of aryl methyl sites for hydroxylation is 1. The smallest absolute Gasteiger partial charge is 0.329 e. The number of fused-ring (bicyclic) bond motifs is 1. The molecule has 21 nitrogen and oxygen atoms in total. The van der Waals surface area contributed by atoms with Crippen molar-refractivity contribution in [3.63, 3.8) is 0 Å². The Bertz CT molecular complexity index is 2830. The molecule has 0 spiro atoms. The van der Waals surface area contributed by atoms with Crippen LogP contribution in [0.1, 0.15) is 108 Å². The molecule has 4 aromatic rings. The molecule has 21 heteroatoms. The lowest BCUT2D eigenvalue weighted by atomic mass is 9.99. The number of benzene rings is 4. The van der Waals surface area contributed by atoms with E-state index in [0.29, 0.717) is 97.4 Å². The first-order valence-corrected chi connectivity index (χ1v) is 26.0. The number of hydrogen-bond donors (Lipinski definition) is 3. The Kier molecular flexibility index (Phi) is 20.3. The van der Waals surface area contributed by atoms with Gasteiger partial charge in [-0.15, -0.1) is 0 Å². The average molecular weight is 1080 g/mol. The van der Waals surface area contributed by atoms with Gasteiger partial charge < -0.3 is 53.4 Å². The van der Waals surface area contributed by atoms with Crippen LogP contribution >= 0.6 is 0 Å². The molecule has 0 saturated carbocycles. The first-order valence-electron chi connectivity index (χ1n) is 26.0. The molecule has 78 heavy (non-hydrogen) atoms. The van der Waals surface area contributed by atoms with E-state index in [2.05, 4.69) is 16.0 Å². The van der Waals surface area contributed by atoms with Crippen molar-refractivity contribution in [1.82, 2.24) is 25.8 Å². The minimum absolute atomic E-state index is 0.00800. The highest BCUT2D eigenvalue weighted by Crippen LogP contribution is 2.39. The number of methoxy groups -OCH3 is 5. The maximum absolute atomic E-state index is 14.3. The maximum atomic E-state index is 14.3. The zero-order valence-corrected chi connectivity index (χ0v) is 44.6. The number of piperidine rings is 2. The number of amides is 7. The van der Waals surface area contributed by atoms with Gasteiger partial charge in [-0.2, -0.15) is 0 Å². The van der Waals surface area contributed by atoms with Crippen molar-refractivity contribution in [2.45, 2.75) is 95.2 Å². The molecule has 7 rings (SSSR count). The number of imide groups is 2. The molecule has 1 unspecified atom stereocenters. The summed E-state index contributed by atoms with van der Waals surface area (Å²) in [7, 11) is 7.63. The number of ether oxygens (including phenoxy) is 8. The van der Waals surface area contributed by atoms with E-state index in [4.69, 9.17) is 37.9 Å². The summed E-state index contributed by atoms with van der Waals surface area (Å²) in [6.45, 7) is 0.489. The summed E-state index contributed by atoms with van der Waals surface area (Å²) in [5, 5.41) is 7.81. The number of rotatable bonds is 27. The molecule has 3 atom stereocenters. The van der Waals surface area contributed by atoms with Crippen molar-refractivity contribution in [3.05, 3.63) is 101 Å². The highest BCUT2D eigenvalue weighted by atomic mass is 16.5. The van der Waals surface area contributed by atoms with E-state index in [9.17, 15) is 38.4 Å². The second-order valence-corrected chi connectivity index (χ2v) is 18.9. The van der Waals surface area contributed by atoms with Crippen molar-refractivity contribution >= 4 is 47.3 Å². The first kappa shape index (κ1) is 57.3. The zero-order valence-electron chi connectivity index (χ0n) is 44.6. The summed E-state index contributed by atoms with van der Waals surface area (Å²) >= 11 is 0. The molecule has 3 N–H and O–H groups in total. The first-order chi connectivity index (χ1) is 37.8. The molecule has 416 valence electrons. The van der Waals surface area contributed by atoms with Gasteiger partial charge in [-0.3, -0.25) is 43.8 Å². The van der Waals surface area contributed by atoms with Crippen LogP contribution in [0.15, 0.2) is 72.8 Å². The Labute approximate surface area is 452 Å². The van der Waals surface area contributed by atoms with Gasteiger partial charge in [-0.25, -0.2) is 4.79 Å². The summed E-state index contributed by atoms with van der Waals surface area (Å²) in [6, 6.07) is 18.6. The van der Waals surface area contributed by atoms with Crippen LogP contribution in [0.4, 0.5) is 0 Å². The number of esters is 1. The SMILES string of the molecule is COc1ccc(CC[C@@H](OC(=O)[C@@H]2CCCCN2C(=O)Cc2cc(OC)c(OC)c(OC)c2)c2cccc(OCC(=O)NCCCCCCNC(=O)COc3cccc4c3C(=O)N(C3CCC(=O)NC3=O)C4=O)c2)cc1OC. The van der Waals surface area contributed by atoms with Gasteiger partial charge in [0.25, 0.3) is 23.6 Å². The molecular weight excluding hydrogens is 1010 g/mol. The fraction of sp³-hybridized carbons (Fsp3) is 0.439. The van der Waals surface area contributed by atoms with E-state index in [-0.39, 0.29) is 54.6 Å². The summed E-state index contributed by atoms with van der Waals surface area (Å²) in [5.74, 6) is -1.32. The third-order valence-electron chi connectivity index (χ3n) is 13.7. The summed E-state index contributed by atoms with van der Waals surface area (Å²) in [5.41, 5.74) is 2.21. The fourth-order valence-corrected chi connectivity index (χ4v) is 9.70. The lowest BCUT2D eigenvalue weighted by molar-refractivity contribution is -0.162. The molecule has 7 amide bonds. The average Bonchev–Trinajstić information content (AvgIpc) is 3.84. The number of likely N-dealkylation sites (tertiary alicyclic amines) is 1. The second kappa shape index (κ2) is 27.6. The summed E-state index contributed by atoms with van der Waals surface area (Å²) in [6.07, 6.45) is 4.89. The summed E-state index contributed by atoms with van der Waals surface area (Å²) < 4.78 is 45.4. The van der Waals surface area contributed by atoms with Crippen LogP contribution in [-0.2, 0) is 46.3 Å². The Morgan fingerprint density at radius 2 is 1.33 bits per heavy atom. The molecule has 3 aliphatic rings. The van der Waals surface area contributed by atoms with Gasteiger partial charge in [0.1, 0.15) is 29.7 Å². The van der Waals surface area contributed by atoms with Crippen LogP contribution in [0.2, 0.25) is 0 Å². The Morgan fingerprint density at radius 3 is 2.00 bits per heavy atom. The molecule has 3 aliphatic heterocycles. The molecule has 0 aliphatic carbocycles. The van der Waals surface area contributed by atoms with Crippen molar-refractivity contribution in [2.24, 2.45) is 0 Å². The van der Waals surface area contributed by atoms with Crippen LogP contribution in [0, 0.1) is 0 Å². The molecule has 4 aromatic carbocycles. The predicted octanol–water partition coefficient (Wildman–Crippen LogP) is 5.22. The molecule has 0 bridgehead atoms. The normalized spacial score (nSPS) is 16.3. The topological polar surface area (TPSA) is 253 Å². The number of nitrogens with zero attached hydrogens (tertiary/aromatic N) is 2. The highest BCUT2D eigenvalue weighted by Gasteiger charge is 2.46. The van der Waals surface area contributed by atoms with E-state index in [1.807, 2.05) is 24.3 Å². The predicted molar refractivity (Wildman–Crippen MR) is 281 cm³/mol. The van der Waals surface area contributed by atoms with E-state index in [0.717, 1.165) is 36.1 Å². The monoisotopic (exact) mass is 1080 g/mol. The molecule has 3 heterocycles. The van der Waals surface area contributed by atoms with Gasteiger partial charge >= 0.3 is 5.97 Å². The van der Waals surface area contributed by atoms with E-state index < -0.39 is 60.3 Å². The van der Waals surface area contributed by atoms with Crippen molar-refractivity contribution in [3.8, 4) is 40.2 Å². The zero-order chi connectivity index (χ0) is 55.7. The van der Waals surface area contributed by atoms with Crippen LogP contribution in [0.3, 0.4) is 0 Å². The standard InChI is InChI=1S/C57H67N5O16/c1-71-43-23-20-35(28-45(43)72-2)19-22-42(78-57(70)41-17-8-11-27-61(41)51(66)31-36-29-46(73-3)53(75-5)47(30-36)74-4)37-14-12-15-38(32-37)76-33-49(64)58-25-9-6-7-10-26-59-50(65)34-77-44-18-13-16-39-52(44)56(69)62(55(39)68)40-21-24-48(63)60-54(40)67/h12-16,18,20,23,28-30,32,40-42H,6-11,17,19,21-22,24-27,31,33-34H2,1-5H3,(H,58,64)(H,59,65)(H,60,63,67)/t40?,41-,42+/m0/s1. The van der Waals surface area contributed by atoms with Crippen molar-refractivity contribution in [2.75, 3.05) is 68.4 Å². The Morgan fingerprint density at radius 1 is 0.667 bits per heavy atom. The number of unbranched alkanes of at least 4 members (excludes halogenated alkanes) is 3. The second-order valence-electron chi connectivity index (χ2n) is 18.9. The van der Waals surface area contributed by atoms with Gasteiger partial charge in [0.05, 0.1) is 53.1 Å². The highest BCUT2D eigenvalue weighted by molar-refractivity contribution is 6.24. The number of carbonyl (C=O) groups is 8. The maximum Gasteiger partial charge on any atom is 0.329 e. The van der Waals surface area contributed by atoms with Gasteiger partial charge in [0, 0.05) is 26.1 Å². The minimum atomic E-state index is -1.12. The summed E-state index contributed by atoms with van der Waals surface area (Å²) in [4.78, 5) is 107. The van der Waals surface area contributed by atoms with Crippen LogP contribution < -0.4 is 49.1 Å². The van der Waals surface area contributed by atoms with Gasteiger partial charge in [0.2, 0.25) is 23.5 Å². The van der Waals surface area contributed by atoms with E-state index in [1.165, 1.54) is 39.5 Å². The Balaban J connectivity index is 0.867. The van der Waals surface area contributed by atoms with E-state index >= 15 is 0 Å². The van der Waals surface area contributed by atoms with Crippen molar-refractivity contribution < 1.29 is 76.3 Å². The third-order valence-corrected chi connectivity index (χ3v) is 13.7. The third kappa shape index (κ3) is 14.4.